The van der Waals surface area contributed by atoms with Crippen molar-refractivity contribution in [3.63, 3.8) is 0 Å². The van der Waals surface area contributed by atoms with Crippen LogP contribution in [0.4, 0.5) is 0 Å². The first-order chi connectivity index (χ1) is 6.69. The Labute approximate surface area is 82.8 Å². The van der Waals surface area contributed by atoms with Gasteiger partial charge in [0.15, 0.2) is 0 Å². The predicted octanol–water partition coefficient (Wildman–Crippen LogP) is -0.157. The Hall–Kier alpha value is -1.10. The number of esters is 2. The Kier molecular flexibility index (Phi) is 3.88. The zero-order chi connectivity index (χ0) is 10.6. The fourth-order valence-electron chi connectivity index (χ4n) is 1.59. The first-order valence-electron chi connectivity index (χ1n) is 4.60. The molecule has 14 heavy (non-hydrogen) atoms. The highest BCUT2D eigenvalue weighted by atomic mass is 16.5. The van der Waals surface area contributed by atoms with E-state index in [9.17, 15) is 9.59 Å². The number of carbonyl (C=O) groups is 2. The van der Waals surface area contributed by atoms with Crippen LogP contribution in [-0.4, -0.2) is 38.2 Å². The largest absolute Gasteiger partial charge is 0.468 e. The van der Waals surface area contributed by atoms with Crippen LogP contribution in [-0.2, 0) is 19.1 Å². The number of methoxy groups -OCH3 is 2. The molecule has 0 aromatic carbocycles. The lowest BCUT2D eigenvalue weighted by Gasteiger charge is -2.27. The van der Waals surface area contributed by atoms with Crippen molar-refractivity contribution in [2.75, 3.05) is 14.2 Å². The first-order valence-corrected chi connectivity index (χ1v) is 4.60. The van der Waals surface area contributed by atoms with Gasteiger partial charge in [-0.15, -0.1) is 0 Å². The molecular weight excluding hydrogens is 186 g/mol. The summed E-state index contributed by atoms with van der Waals surface area (Å²) in [5.41, 5.74) is 0. The number of carbonyl (C=O) groups excluding carboxylic acids is 2. The van der Waals surface area contributed by atoms with Gasteiger partial charge >= 0.3 is 11.9 Å². The van der Waals surface area contributed by atoms with E-state index in [1.807, 2.05) is 0 Å². The van der Waals surface area contributed by atoms with Crippen LogP contribution in [0.5, 0.6) is 0 Å². The average Bonchev–Trinajstić information content (AvgIpc) is 2.27. The van der Waals surface area contributed by atoms with Gasteiger partial charge in [0.25, 0.3) is 0 Å². The van der Waals surface area contributed by atoms with Gasteiger partial charge < -0.3 is 9.47 Å². The summed E-state index contributed by atoms with van der Waals surface area (Å²) in [6.45, 7) is 0. The monoisotopic (exact) mass is 201 g/mol. The normalized spacial score (nSPS) is 26.7. The van der Waals surface area contributed by atoms with Gasteiger partial charge in [-0.2, -0.15) is 0 Å². The van der Waals surface area contributed by atoms with Gasteiger partial charge in [0.1, 0.15) is 12.1 Å². The molecule has 0 aromatic heterocycles. The van der Waals surface area contributed by atoms with E-state index in [2.05, 4.69) is 14.8 Å². The molecule has 80 valence electrons. The fourth-order valence-corrected chi connectivity index (χ4v) is 1.59. The molecule has 1 N–H and O–H groups in total. The third kappa shape index (κ3) is 2.45. The molecule has 0 bridgehead atoms. The van der Waals surface area contributed by atoms with Crippen molar-refractivity contribution >= 4 is 11.9 Å². The summed E-state index contributed by atoms with van der Waals surface area (Å²) in [7, 11) is 2.68. The minimum absolute atomic E-state index is 0.321. The number of rotatable bonds is 2. The topological polar surface area (TPSA) is 64.6 Å². The Balaban J connectivity index is 2.51. The van der Waals surface area contributed by atoms with Crippen molar-refractivity contribution in [1.82, 2.24) is 5.32 Å². The molecule has 0 radical (unpaired) electrons. The van der Waals surface area contributed by atoms with Crippen molar-refractivity contribution in [2.24, 2.45) is 0 Å². The minimum atomic E-state index is -0.377. The molecule has 0 spiro atoms. The van der Waals surface area contributed by atoms with Gasteiger partial charge in [-0.25, -0.2) is 0 Å². The second-order valence-electron chi connectivity index (χ2n) is 3.25. The molecule has 0 unspecified atom stereocenters. The lowest BCUT2D eigenvalue weighted by Crippen LogP contribution is -2.50. The molecule has 0 amide bonds. The smallest absolute Gasteiger partial charge is 0.322 e. The number of hydrogen-bond donors (Lipinski definition) is 1. The number of piperidine rings is 1. The molecule has 1 heterocycles. The molecule has 2 atom stereocenters. The maximum atomic E-state index is 11.2. The Bertz CT molecular complexity index is 207. The van der Waals surface area contributed by atoms with E-state index in [1.165, 1.54) is 14.2 Å². The predicted molar refractivity (Wildman–Crippen MR) is 48.6 cm³/mol. The van der Waals surface area contributed by atoms with Gasteiger partial charge in [-0.1, -0.05) is 0 Å². The zero-order valence-corrected chi connectivity index (χ0v) is 8.41. The van der Waals surface area contributed by atoms with Gasteiger partial charge in [-0.05, 0) is 19.3 Å². The average molecular weight is 201 g/mol. The summed E-state index contributed by atoms with van der Waals surface area (Å²) < 4.78 is 9.20. The molecule has 1 saturated heterocycles. The zero-order valence-electron chi connectivity index (χ0n) is 8.41. The number of nitrogens with one attached hydrogen (secondary N) is 1. The fraction of sp³-hybridized carbons (Fsp3) is 0.778. The van der Waals surface area contributed by atoms with E-state index in [4.69, 9.17) is 0 Å². The second kappa shape index (κ2) is 4.95. The van der Waals surface area contributed by atoms with Crippen LogP contribution in [0.25, 0.3) is 0 Å². The van der Waals surface area contributed by atoms with E-state index in [0.29, 0.717) is 12.8 Å². The highest BCUT2D eigenvalue weighted by Gasteiger charge is 2.31. The van der Waals surface area contributed by atoms with E-state index in [0.717, 1.165) is 6.42 Å². The SMILES string of the molecule is COC(=O)[C@H]1CCC[C@H](C(=O)OC)N1. The van der Waals surface area contributed by atoms with Crippen LogP contribution in [0.15, 0.2) is 0 Å². The third-order valence-electron chi connectivity index (χ3n) is 2.36. The van der Waals surface area contributed by atoms with Crippen LogP contribution in [0.2, 0.25) is 0 Å². The summed E-state index contributed by atoms with van der Waals surface area (Å²) in [6, 6.07) is -0.754. The number of ether oxygens (including phenoxy) is 2. The van der Waals surface area contributed by atoms with Crippen LogP contribution < -0.4 is 5.32 Å². The summed E-state index contributed by atoms with van der Waals surface area (Å²) in [5.74, 6) is -0.641. The summed E-state index contributed by atoms with van der Waals surface area (Å²) in [5, 5.41) is 2.91. The highest BCUT2D eigenvalue weighted by Crippen LogP contribution is 2.14. The lowest BCUT2D eigenvalue weighted by molar-refractivity contribution is -0.148. The van der Waals surface area contributed by atoms with Crippen molar-refractivity contribution < 1.29 is 19.1 Å². The van der Waals surface area contributed by atoms with Gasteiger partial charge in [0.05, 0.1) is 14.2 Å². The van der Waals surface area contributed by atoms with Crippen molar-refractivity contribution in [3.8, 4) is 0 Å². The Morgan fingerprint density at radius 3 is 1.86 bits per heavy atom. The van der Waals surface area contributed by atoms with Gasteiger partial charge in [0, 0.05) is 0 Å². The molecule has 1 rings (SSSR count). The standard InChI is InChI=1S/C9H15NO4/c1-13-8(11)6-4-3-5-7(10-6)9(12)14-2/h6-7,10H,3-5H2,1-2H3/t6-,7-/m1/s1. The molecule has 5 nitrogen and oxygen atoms in total. The summed E-state index contributed by atoms with van der Waals surface area (Å²) in [6.07, 6.45) is 2.24. The maximum Gasteiger partial charge on any atom is 0.322 e. The highest BCUT2D eigenvalue weighted by molar-refractivity contribution is 5.80. The summed E-state index contributed by atoms with van der Waals surface area (Å²) in [4.78, 5) is 22.4. The van der Waals surface area contributed by atoms with Crippen LogP contribution in [0.1, 0.15) is 19.3 Å². The van der Waals surface area contributed by atoms with Crippen LogP contribution in [0, 0.1) is 0 Å². The lowest BCUT2D eigenvalue weighted by atomic mass is 9.99. The number of hydrogen-bond acceptors (Lipinski definition) is 5. The van der Waals surface area contributed by atoms with Crippen molar-refractivity contribution in [3.05, 3.63) is 0 Å². The van der Waals surface area contributed by atoms with E-state index < -0.39 is 0 Å². The molecule has 1 aliphatic heterocycles. The minimum Gasteiger partial charge on any atom is -0.468 e. The molecule has 1 fully saturated rings. The van der Waals surface area contributed by atoms with Crippen molar-refractivity contribution in [2.45, 2.75) is 31.3 Å². The molecular formula is C9H15NO4. The first kappa shape index (κ1) is 11.0. The Morgan fingerprint density at radius 2 is 1.50 bits per heavy atom. The van der Waals surface area contributed by atoms with Gasteiger partial charge in [-0.3, -0.25) is 14.9 Å². The second-order valence-corrected chi connectivity index (χ2v) is 3.25. The molecule has 5 heteroatoms. The molecule has 0 aromatic rings. The van der Waals surface area contributed by atoms with E-state index in [1.54, 1.807) is 0 Å². The van der Waals surface area contributed by atoms with Crippen molar-refractivity contribution in [1.29, 1.82) is 0 Å². The van der Waals surface area contributed by atoms with E-state index >= 15 is 0 Å². The molecule has 1 aliphatic rings. The van der Waals surface area contributed by atoms with Crippen LogP contribution in [0.3, 0.4) is 0 Å². The van der Waals surface area contributed by atoms with Crippen LogP contribution >= 0.6 is 0 Å². The third-order valence-corrected chi connectivity index (χ3v) is 2.36. The molecule has 0 aliphatic carbocycles. The quantitative estimate of drug-likeness (QED) is 0.629. The summed E-state index contributed by atoms with van der Waals surface area (Å²) >= 11 is 0. The Morgan fingerprint density at radius 1 is 1.07 bits per heavy atom. The molecule has 0 saturated carbocycles. The van der Waals surface area contributed by atoms with E-state index in [-0.39, 0.29) is 24.0 Å². The maximum absolute atomic E-state index is 11.2. The van der Waals surface area contributed by atoms with Gasteiger partial charge in [0.2, 0.25) is 0 Å².